The average Bonchev–Trinajstić information content (AvgIpc) is 2.35. The highest BCUT2D eigenvalue weighted by atomic mass is 79.9. The molecule has 0 saturated heterocycles. The Morgan fingerprint density at radius 1 is 1.59 bits per heavy atom. The van der Waals surface area contributed by atoms with Gasteiger partial charge in [0.25, 0.3) is 0 Å². The van der Waals surface area contributed by atoms with E-state index < -0.39 is 0 Å². The highest BCUT2D eigenvalue weighted by Crippen LogP contribution is 2.26. The number of nitrogens with one attached hydrogen (secondary N) is 1. The van der Waals surface area contributed by atoms with Gasteiger partial charge in [0.1, 0.15) is 12.4 Å². The average molecular weight is 298 g/mol. The Bertz CT molecular complexity index is 406. The molecule has 0 fully saturated rings. The number of halogens is 1. The summed E-state index contributed by atoms with van der Waals surface area (Å²) in [5.74, 6) is 0.910. The first kappa shape index (κ1) is 12.4. The number of alkyl halides is 1. The first-order chi connectivity index (χ1) is 8.16. The smallest absolute Gasteiger partial charge is 0.226 e. The van der Waals surface area contributed by atoms with E-state index in [2.05, 4.69) is 21.2 Å². The number of amides is 1. The molecule has 0 bridgehead atoms. The van der Waals surface area contributed by atoms with Crippen molar-refractivity contribution in [3.63, 3.8) is 0 Å². The highest BCUT2D eigenvalue weighted by molar-refractivity contribution is 9.09. The van der Waals surface area contributed by atoms with Gasteiger partial charge in [-0.3, -0.25) is 4.79 Å². The van der Waals surface area contributed by atoms with E-state index in [1.807, 2.05) is 31.2 Å². The summed E-state index contributed by atoms with van der Waals surface area (Å²) in [6.07, 6.45) is 0.763. The Morgan fingerprint density at radius 2 is 2.35 bits per heavy atom. The van der Waals surface area contributed by atoms with E-state index in [1.165, 1.54) is 0 Å². The monoisotopic (exact) mass is 297 g/mol. The topological polar surface area (TPSA) is 38.3 Å². The van der Waals surface area contributed by atoms with Gasteiger partial charge in [-0.2, -0.15) is 0 Å². The van der Waals surface area contributed by atoms with Crippen molar-refractivity contribution in [3.05, 3.63) is 29.8 Å². The fourth-order valence-corrected chi connectivity index (χ4v) is 2.04. The molecule has 1 heterocycles. The summed E-state index contributed by atoms with van der Waals surface area (Å²) >= 11 is 3.41. The maximum absolute atomic E-state index is 11.9. The maximum atomic E-state index is 11.9. The van der Waals surface area contributed by atoms with Crippen molar-refractivity contribution in [1.29, 1.82) is 0 Å². The fourth-order valence-electron chi connectivity index (χ4n) is 1.88. The van der Waals surface area contributed by atoms with Gasteiger partial charge in [0.15, 0.2) is 0 Å². The number of carbonyl (C=O) groups excluding carboxylic acids is 1. The van der Waals surface area contributed by atoms with Gasteiger partial charge >= 0.3 is 0 Å². The van der Waals surface area contributed by atoms with Crippen LogP contribution in [-0.4, -0.2) is 23.9 Å². The van der Waals surface area contributed by atoms with Gasteiger partial charge in [-0.05, 0) is 18.1 Å². The minimum absolute atomic E-state index is 0.0730. The molecular formula is C13H16BrNO2. The molecule has 2 atom stereocenters. The third-order valence-electron chi connectivity index (χ3n) is 2.81. The number of hydrogen-bond acceptors (Lipinski definition) is 2. The van der Waals surface area contributed by atoms with Crippen molar-refractivity contribution < 1.29 is 9.53 Å². The quantitative estimate of drug-likeness (QED) is 0.868. The molecule has 1 N–H and O–H groups in total. The number of carbonyl (C=O) groups is 1. The molecule has 1 aromatic carbocycles. The molecule has 0 radical (unpaired) electrons. The third kappa shape index (κ3) is 3.22. The fraction of sp³-hybridized carbons (Fsp3) is 0.462. The van der Waals surface area contributed by atoms with Gasteiger partial charge in [0.05, 0.1) is 5.92 Å². The summed E-state index contributed by atoms with van der Waals surface area (Å²) in [6, 6.07) is 7.89. The Labute approximate surface area is 110 Å². The molecule has 0 aliphatic carbocycles. The van der Waals surface area contributed by atoms with Gasteiger partial charge in [0.2, 0.25) is 5.91 Å². The summed E-state index contributed by atoms with van der Waals surface area (Å²) in [5, 5.41) is 2.92. The van der Waals surface area contributed by atoms with Crippen LogP contribution >= 0.6 is 15.9 Å². The molecular weight excluding hydrogens is 282 g/mol. The van der Waals surface area contributed by atoms with Crippen LogP contribution in [0.4, 0.5) is 0 Å². The zero-order chi connectivity index (χ0) is 12.3. The molecule has 1 aliphatic heterocycles. The Kier molecular flexibility index (Phi) is 4.05. The van der Waals surface area contributed by atoms with Crippen molar-refractivity contribution in [3.8, 4) is 5.75 Å². The second-order valence-corrected chi connectivity index (χ2v) is 5.91. The van der Waals surface area contributed by atoms with Crippen LogP contribution in [0.25, 0.3) is 0 Å². The summed E-state index contributed by atoms with van der Waals surface area (Å²) < 4.78 is 5.59. The molecule has 2 rings (SSSR count). The summed E-state index contributed by atoms with van der Waals surface area (Å²) in [4.78, 5) is 12.2. The Hall–Kier alpha value is -1.03. The summed E-state index contributed by atoms with van der Waals surface area (Å²) in [6.45, 7) is 3.13. The molecule has 1 aliphatic rings. The molecule has 0 aromatic heterocycles. The minimum Gasteiger partial charge on any atom is -0.492 e. The van der Waals surface area contributed by atoms with E-state index in [-0.39, 0.29) is 11.8 Å². The van der Waals surface area contributed by atoms with Crippen molar-refractivity contribution in [2.45, 2.75) is 18.2 Å². The predicted octanol–water partition coefficient (Wildman–Crippen LogP) is 2.14. The lowest BCUT2D eigenvalue weighted by molar-refractivity contribution is -0.126. The van der Waals surface area contributed by atoms with Gasteiger partial charge in [-0.1, -0.05) is 41.1 Å². The largest absolute Gasteiger partial charge is 0.492 e. The van der Waals surface area contributed by atoms with Crippen molar-refractivity contribution in [1.82, 2.24) is 5.32 Å². The molecule has 3 nitrogen and oxygen atoms in total. The summed E-state index contributed by atoms with van der Waals surface area (Å²) in [5.41, 5.74) is 1.12. The van der Waals surface area contributed by atoms with Crippen molar-refractivity contribution in [2.75, 3.05) is 13.2 Å². The zero-order valence-electron chi connectivity index (χ0n) is 9.78. The van der Waals surface area contributed by atoms with E-state index in [0.717, 1.165) is 17.7 Å². The second kappa shape index (κ2) is 5.54. The molecule has 0 spiro atoms. The first-order valence-electron chi connectivity index (χ1n) is 5.79. The molecule has 2 unspecified atom stereocenters. The van der Waals surface area contributed by atoms with Gasteiger partial charge in [-0.25, -0.2) is 0 Å². The molecule has 4 heteroatoms. The van der Waals surface area contributed by atoms with E-state index in [4.69, 9.17) is 4.74 Å². The minimum atomic E-state index is -0.0730. The molecule has 17 heavy (non-hydrogen) atoms. The Balaban J connectivity index is 1.95. The zero-order valence-corrected chi connectivity index (χ0v) is 11.4. The van der Waals surface area contributed by atoms with Crippen LogP contribution in [0, 0.1) is 5.92 Å². The van der Waals surface area contributed by atoms with E-state index in [1.54, 1.807) is 0 Å². The van der Waals surface area contributed by atoms with Crippen LogP contribution in [-0.2, 0) is 11.2 Å². The van der Waals surface area contributed by atoms with Crippen LogP contribution in [0.3, 0.4) is 0 Å². The lowest BCUT2D eigenvalue weighted by Gasteiger charge is -2.24. The number of rotatable bonds is 3. The molecule has 1 amide bonds. The lowest BCUT2D eigenvalue weighted by Crippen LogP contribution is -2.39. The highest BCUT2D eigenvalue weighted by Gasteiger charge is 2.25. The van der Waals surface area contributed by atoms with Crippen LogP contribution in [0.15, 0.2) is 24.3 Å². The SMILES string of the molecule is CC(Br)CNC(=O)C1COc2ccccc2C1. The Morgan fingerprint density at radius 3 is 3.12 bits per heavy atom. The second-order valence-electron chi connectivity index (χ2n) is 4.35. The van der Waals surface area contributed by atoms with E-state index in [0.29, 0.717) is 18.0 Å². The molecule has 92 valence electrons. The lowest BCUT2D eigenvalue weighted by atomic mass is 9.96. The summed E-state index contributed by atoms with van der Waals surface area (Å²) in [7, 11) is 0. The van der Waals surface area contributed by atoms with E-state index >= 15 is 0 Å². The number of ether oxygens (including phenoxy) is 1. The number of fused-ring (bicyclic) bond motifs is 1. The number of para-hydroxylation sites is 1. The van der Waals surface area contributed by atoms with Crippen LogP contribution in [0.5, 0.6) is 5.75 Å². The number of hydrogen-bond donors (Lipinski definition) is 1. The van der Waals surface area contributed by atoms with Crippen LogP contribution in [0.1, 0.15) is 12.5 Å². The third-order valence-corrected chi connectivity index (χ3v) is 3.13. The number of benzene rings is 1. The van der Waals surface area contributed by atoms with Crippen molar-refractivity contribution >= 4 is 21.8 Å². The van der Waals surface area contributed by atoms with Gasteiger partial charge in [0, 0.05) is 11.4 Å². The molecule has 0 saturated carbocycles. The van der Waals surface area contributed by atoms with Gasteiger partial charge < -0.3 is 10.1 Å². The van der Waals surface area contributed by atoms with Gasteiger partial charge in [-0.15, -0.1) is 0 Å². The van der Waals surface area contributed by atoms with E-state index in [9.17, 15) is 4.79 Å². The standard InChI is InChI=1S/C13H16BrNO2/c1-9(14)7-15-13(16)11-6-10-4-2-3-5-12(10)17-8-11/h2-5,9,11H,6-8H2,1H3,(H,15,16). The molecule has 1 aromatic rings. The van der Waals surface area contributed by atoms with Crippen LogP contribution < -0.4 is 10.1 Å². The first-order valence-corrected chi connectivity index (χ1v) is 6.71. The predicted molar refractivity (Wildman–Crippen MR) is 70.5 cm³/mol. The van der Waals surface area contributed by atoms with Crippen molar-refractivity contribution in [2.24, 2.45) is 5.92 Å². The van der Waals surface area contributed by atoms with Crippen LogP contribution in [0.2, 0.25) is 0 Å². The normalized spacial score (nSPS) is 20.0. The maximum Gasteiger partial charge on any atom is 0.226 e.